The van der Waals surface area contributed by atoms with E-state index in [-0.39, 0.29) is 12.0 Å². The largest absolute Gasteiger partial charge is 0.497 e. The van der Waals surface area contributed by atoms with Crippen molar-refractivity contribution >= 4 is 34.5 Å². The zero-order valence-electron chi connectivity index (χ0n) is 17.2. The number of methoxy groups -OCH3 is 1. The molecular formula is C22H26N2O4S. The van der Waals surface area contributed by atoms with E-state index >= 15 is 0 Å². The fourth-order valence-electron chi connectivity index (χ4n) is 3.79. The first-order valence-corrected chi connectivity index (χ1v) is 10.6. The Morgan fingerprint density at radius 3 is 2.52 bits per heavy atom. The van der Waals surface area contributed by atoms with Crippen molar-refractivity contribution < 1.29 is 19.1 Å². The summed E-state index contributed by atoms with van der Waals surface area (Å²) in [5.41, 5.74) is 0.174. The number of nitrogens with zero attached hydrogens (tertiary/aromatic N) is 1. The molecule has 2 aliphatic rings. The molecule has 4 rings (SSSR count). The molecule has 0 saturated carbocycles. The van der Waals surface area contributed by atoms with E-state index in [1.165, 1.54) is 0 Å². The average Bonchev–Trinajstić information content (AvgIpc) is 2.66. The minimum atomic E-state index is -0.517. The van der Waals surface area contributed by atoms with Gasteiger partial charge in [0.25, 0.3) is 5.91 Å². The number of likely N-dealkylation sites (tertiary alicyclic amines) is 1. The van der Waals surface area contributed by atoms with Crippen LogP contribution in [0.25, 0.3) is 10.8 Å². The van der Waals surface area contributed by atoms with Crippen molar-refractivity contribution in [2.24, 2.45) is 0 Å². The molecule has 0 bridgehead atoms. The van der Waals surface area contributed by atoms with Crippen molar-refractivity contribution in [1.29, 1.82) is 0 Å². The van der Waals surface area contributed by atoms with Gasteiger partial charge in [-0.05, 0) is 62.6 Å². The van der Waals surface area contributed by atoms with E-state index in [9.17, 15) is 9.59 Å². The number of rotatable bonds is 1. The summed E-state index contributed by atoms with van der Waals surface area (Å²) in [7, 11) is 1.64. The number of nitrogens with one attached hydrogen (secondary N) is 1. The molecule has 0 radical (unpaired) electrons. The predicted molar refractivity (Wildman–Crippen MR) is 114 cm³/mol. The van der Waals surface area contributed by atoms with E-state index < -0.39 is 10.5 Å². The lowest BCUT2D eigenvalue weighted by molar-refractivity contribution is 0.0189. The van der Waals surface area contributed by atoms with Gasteiger partial charge in [0, 0.05) is 18.0 Å². The normalized spacial score (nSPS) is 18.3. The number of benzene rings is 2. The third kappa shape index (κ3) is 3.88. The summed E-state index contributed by atoms with van der Waals surface area (Å²) in [6.07, 6.45) is 1.04. The summed E-state index contributed by atoms with van der Waals surface area (Å²) in [5.74, 6) is 0.709. The number of amides is 2. The van der Waals surface area contributed by atoms with Crippen molar-refractivity contribution in [2.45, 2.75) is 49.0 Å². The van der Waals surface area contributed by atoms with Crippen LogP contribution in [0.2, 0.25) is 0 Å². The van der Waals surface area contributed by atoms with E-state index in [2.05, 4.69) is 5.32 Å². The second-order valence-electron chi connectivity index (χ2n) is 8.55. The van der Waals surface area contributed by atoms with E-state index in [4.69, 9.17) is 9.47 Å². The van der Waals surface area contributed by atoms with Gasteiger partial charge in [0.15, 0.2) is 0 Å². The zero-order chi connectivity index (χ0) is 20.8. The maximum atomic E-state index is 12.9. The van der Waals surface area contributed by atoms with E-state index in [1.54, 1.807) is 23.8 Å². The average molecular weight is 415 g/mol. The number of carbonyl (C=O) groups is 2. The number of piperidine rings is 1. The molecule has 7 heteroatoms. The molecule has 1 N–H and O–H groups in total. The Bertz CT molecular complexity index is 975. The molecule has 2 heterocycles. The van der Waals surface area contributed by atoms with Crippen LogP contribution in [0.15, 0.2) is 35.2 Å². The molecule has 0 aliphatic carbocycles. The molecule has 2 aliphatic heterocycles. The molecular weight excluding hydrogens is 388 g/mol. The number of hydrogen-bond acceptors (Lipinski definition) is 5. The van der Waals surface area contributed by atoms with Gasteiger partial charge in [0.05, 0.1) is 17.5 Å². The summed E-state index contributed by atoms with van der Waals surface area (Å²) < 4.78 is 10.9. The minimum absolute atomic E-state index is 0.0609. The second-order valence-corrected chi connectivity index (χ2v) is 9.94. The first-order valence-electron chi connectivity index (χ1n) is 9.80. The van der Waals surface area contributed by atoms with Crippen molar-refractivity contribution in [3.63, 3.8) is 0 Å². The molecule has 0 aromatic heterocycles. The summed E-state index contributed by atoms with van der Waals surface area (Å²) in [4.78, 5) is 27.6. The number of carbonyl (C=O) groups excluding carboxylic acids is 2. The van der Waals surface area contributed by atoms with Crippen molar-refractivity contribution in [1.82, 2.24) is 10.2 Å². The van der Waals surface area contributed by atoms with Crippen molar-refractivity contribution in [3.05, 3.63) is 35.9 Å². The minimum Gasteiger partial charge on any atom is -0.497 e. The van der Waals surface area contributed by atoms with Gasteiger partial charge in [-0.2, -0.15) is 0 Å². The summed E-state index contributed by atoms with van der Waals surface area (Å²) >= 11 is 1.69. The Hall–Kier alpha value is -2.41. The molecule has 154 valence electrons. The van der Waals surface area contributed by atoms with Crippen LogP contribution >= 0.6 is 11.8 Å². The fourth-order valence-corrected chi connectivity index (χ4v) is 5.26. The lowest BCUT2D eigenvalue weighted by Crippen LogP contribution is -2.56. The first kappa shape index (κ1) is 19.9. The van der Waals surface area contributed by atoms with E-state index in [0.29, 0.717) is 31.5 Å². The third-order valence-corrected chi connectivity index (χ3v) is 6.83. The Morgan fingerprint density at radius 1 is 1.17 bits per heavy atom. The lowest BCUT2D eigenvalue weighted by Gasteiger charge is -2.44. The summed E-state index contributed by atoms with van der Waals surface area (Å²) in [6, 6.07) is 9.78. The van der Waals surface area contributed by atoms with Gasteiger partial charge < -0.3 is 19.7 Å². The van der Waals surface area contributed by atoms with Gasteiger partial charge in [-0.3, -0.25) is 4.79 Å². The van der Waals surface area contributed by atoms with E-state index in [1.807, 2.05) is 51.1 Å². The highest BCUT2D eigenvalue weighted by Crippen LogP contribution is 2.47. The van der Waals surface area contributed by atoms with Crippen LogP contribution in [-0.2, 0) is 4.74 Å². The van der Waals surface area contributed by atoms with Gasteiger partial charge in [-0.25, -0.2) is 4.79 Å². The van der Waals surface area contributed by atoms with E-state index in [0.717, 1.165) is 21.4 Å². The molecule has 2 aromatic rings. The van der Waals surface area contributed by atoms with Gasteiger partial charge in [-0.1, -0.05) is 23.9 Å². The maximum absolute atomic E-state index is 12.9. The molecule has 2 aromatic carbocycles. The van der Waals surface area contributed by atoms with Gasteiger partial charge in [0.2, 0.25) is 0 Å². The van der Waals surface area contributed by atoms with Crippen LogP contribution in [0, 0.1) is 0 Å². The van der Waals surface area contributed by atoms with Gasteiger partial charge in [0.1, 0.15) is 11.4 Å². The molecule has 6 nitrogen and oxygen atoms in total. The highest BCUT2D eigenvalue weighted by Gasteiger charge is 2.43. The predicted octanol–water partition coefficient (Wildman–Crippen LogP) is 4.41. The van der Waals surface area contributed by atoms with Crippen LogP contribution in [-0.4, -0.2) is 47.6 Å². The lowest BCUT2D eigenvalue weighted by atomic mass is 10.0. The fraction of sp³-hybridized carbons (Fsp3) is 0.455. The highest BCUT2D eigenvalue weighted by molar-refractivity contribution is 8.01. The summed E-state index contributed by atoms with van der Waals surface area (Å²) in [5, 5.41) is 5.30. The molecule has 1 spiro atoms. The molecule has 0 unspecified atom stereocenters. The zero-order valence-corrected chi connectivity index (χ0v) is 18.0. The topological polar surface area (TPSA) is 67.9 Å². The number of hydrogen-bond donors (Lipinski definition) is 1. The third-order valence-electron chi connectivity index (χ3n) is 5.29. The van der Waals surface area contributed by atoms with Crippen LogP contribution in [0.5, 0.6) is 5.75 Å². The Morgan fingerprint density at radius 2 is 1.86 bits per heavy atom. The monoisotopic (exact) mass is 414 g/mol. The second kappa shape index (κ2) is 7.13. The quantitative estimate of drug-likeness (QED) is 0.749. The number of ether oxygens (including phenoxy) is 2. The standard InChI is InChI=1S/C22H26N2O4S/c1-21(2,3)28-20(26)24-11-9-22(10-12-24)23-19(25)16-8-6-14-5-7-15(27-4)13-17(14)18(16)29-22/h5-8,13H,9-12H2,1-4H3,(H,23,25). The molecule has 1 fully saturated rings. The Kier molecular flexibility index (Phi) is 4.89. The van der Waals surface area contributed by atoms with Crippen LogP contribution in [0.4, 0.5) is 4.79 Å². The highest BCUT2D eigenvalue weighted by atomic mass is 32.2. The van der Waals surface area contributed by atoms with Crippen LogP contribution in [0.3, 0.4) is 0 Å². The smallest absolute Gasteiger partial charge is 0.410 e. The van der Waals surface area contributed by atoms with Gasteiger partial charge in [-0.15, -0.1) is 0 Å². The SMILES string of the molecule is COc1ccc2ccc3c(c2c1)SC1(CCN(C(=O)OC(C)(C)C)CC1)NC3=O. The Labute approximate surface area is 174 Å². The molecule has 29 heavy (non-hydrogen) atoms. The Balaban J connectivity index is 1.60. The molecule has 0 atom stereocenters. The van der Waals surface area contributed by atoms with Crippen LogP contribution < -0.4 is 10.1 Å². The maximum Gasteiger partial charge on any atom is 0.410 e. The van der Waals surface area contributed by atoms with Crippen molar-refractivity contribution in [3.8, 4) is 5.75 Å². The first-order chi connectivity index (χ1) is 13.7. The number of thioether (sulfide) groups is 1. The number of fused-ring (bicyclic) bond motifs is 3. The summed E-state index contributed by atoms with van der Waals surface area (Å²) in [6.45, 7) is 6.69. The van der Waals surface area contributed by atoms with Gasteiger partial charge >= 0.3 is 6.09 Å². The van der Waals surface area contributed by atoms with Crippen molar-refractivity contribution in [2.75, 3.05) is 20.2 Å². The van der Waals surface area contributed by atoms with Crippen LogP contribution in [0.1, 0.15) is 44.0 Å². The molecule has 1 saturated heterocycles. The molecule has 2 amide bonds.